The molecule has 0 aromatic rings. The Kier molecular flexibility index (Phi) is 1.90. The Morgan fingerprint density at radius 1 is 1.27 bits per heavy atom. The van der Waals surface area contributed by atoms with Crippen LogP contribution in [0.5, 0.6) is 0 Å². The molecule has 2 nitrogen and oxygen atoms in total. The molecule has 2 N–H and O–H groups in total. The van der Waals surface area contributed by atoms with E-state index in [1.807, 2.05) is 0 Å². The van der Waals surface area contributed by atoms with Crippen LogP contribution in [0.4, 0.5) is 0 Å². The summed E-state index contributed by atoms with van der Waals surface area (Å²) in [6, 6.07) is 0.732. The fourth-order valence-corrected chi connectivity index (χ4v) is 2.54. The van der Waals surface area contributed by atoms with Gasteiger partial charge in [0.05, 0.1) is 0 Å². The average Bonchev–Trinajstić information content (AvgIpc) is 2.36. The lowest BCUT2D eigenvalue weighted by molar-refractivity contribution is 0.191. The van der Waals surface area contributed by atoms with Crippen LogP contribution in [-0.2, 0) is 0 Å². The van der Waals surface area contributed by atoms with Crippen LogP contribution in [0, 0.1) is 5.41 Å². The Morgan fingerprint density at radius 2 is 2.18 bits per heavy atom. The third-order valence-corrected chi connectivity index (χ3v) is 3.50. The fraction of sp³-hybridized carbons (Fsp3) is 1.00. The summed E-state index contributed by atoms with van der Waals surface area (Å²) >= 11 is 0. The first kappa shape index (κ1) is 7.56. The SMILES string of the molecule is CC1NCCC12CCCNC2. The molecule has 2 saturated heterocycles. The number of piperidine rings is 1. The van der Waals surface area contributed by atoms with Crippen molar-refractivity contribution in [2.24, 2.45) is 5.41 Å². The molecule has 0 bridgehead atoms. The van der Waals surface area contributed by atoms with Crippen LogP contribution in [-0.4, -0.2) is 25.7 Å². The zero-order chi connectivity index (χ0) is 7.73. The molecule has 0 aliphatic carbocycles. The van der Waals surface area contributed by atoms with Crippen LogP contribution in [0.3, 0.4) is 0 Å². The molecule has 2 atom stereocenters. The van der Waals surface area contributed by atoms with Crippen molar-refractivity contribution in [3.63, 3.8) is 0 Å². The van der Waals surface area contributed by atoms with E-state index in [9.17, 15) is 0 Å². The summed E-state index contributed by atoms with van der Waals surface area (Å²) in [5.41, 5.74) is 0.609. The lowest BCUT2D eigenvalue weighted by Crippen LogP contribution is -2.46. The molecule has 1 spiro atoms. The molecule has 2 heterocycles. The molecule has 0 aromatic carbocycles. The Hall–Kier alpha value is -0.0800. The van der Waals surface area contributed by atoms with Gasteiger partial charge in [0.15, 0.2) is 0 Å². The molecule has 2 heteroatoms. The molecular formula is C9H18N2. The molecule has 2 aliphatic rings. The van der Waals surface area contributed by atoms with Crippen LogP contribution in [0.15, 0.2) is 0 Å². The summed E-state index contributed by atoms with van der Waals surface area (Å²) in [4.78, 5) is 0. The van der Waals surface area contributed by atoms with Gasteiger partial charge in [0, 0.05) is 12.6 Å². The smallest absolute Gasteiger partial charge is 0.0108 e. The molecule has 2 rings (SSSR count). The lowest BCUT2D eigenvalue weighted by Gasteiger charge is -2.37. The summed E-state index contributed by atoms with van der Waals surface area (Å²) < 4.78 is 0. The Bertz CT molecular complexity index is 138. The van der Waals surface area contributed by atoms with Gasteiger partial charge in [-0.15, -0.1) is 0 Å². The largest absolute Gasteiger partial charge is 0.316 e. The van der Waals surface area contributed by atoms with E-state index in [0.717, 1.165) is 6.04 Å². The van der Waals surface area contributed by atoms with Crippen molar-refractivity contribution in [2.75, 3.05) is 19.6 Å². The fourth-order valence-electron chi connectivity index (χ4n) is 2.54. The normalized spacial score (nSPS) is 45.0. The van der Waals surface area contributed by atoms with Gasteiger partial charge in [0.1, 0.15) is 0 Å². The molecule has 2 fully saturated rings. The van der Waals surface area contributed by atoms with Gasteiger partial charge >= 0.3 is 0 Å². The van der Waals surface area contributed by atoms with Crippen molar-refractivity contribution in [2.45, 2.75) is 32.2 Å². The van der Waals surface area contributed by atoms with E-state index in [2.05, 4.69) is 17.6 Å². The summed E-state index contributed by atoms with van der Waals surface area (Å²) in [7, 11) is 0. The van der Waals surface area contributed by atoms with Gasteiger partial charge < -0.3 is 10.6 Å². The van der Waals surface area contributed by atoms with E-state index < -0.39 is 0 Å². The maximum Gasteiger partial charge on any atom is 0.0108 e. The minimum absolute atomic E-state index is 0.609. The first-order valence-electron chi connectivity index (χ1n) is 4.78. The van der Waals surface area contributed by atoms with Crippen LogP contribution in [0.25, 0.3) is 0 Å². The molecule has 0 saturated carbocycles. The minimum atomic E-state index is 0.609. The molecule has 64 valence electrons. The third kappa shape index (κ3) is 1.18. The molecular weight excluding hydrogens is 136 g/mol. The monoisotopic (exact) mass is 154 g/mol. The van der Waals surface area contributed by atoms with E-state index in [1.54, 1.807) is 0 Å². The summed E-state index contributed by atoms with van der Waals surface area (Å²) in [6.45, 7) is 6.03. The van der Waals surface area contributed by atoms with E-state index >= 15 is 0 Å². The predicted octanol–water partition coefficient (Wildman–Crippen LogP) is 0.738. The number of hydrogen-bond acceptors (Lipinski definition) is 2. The van der Waals surface area contributed by atoms with E-state index in [-0.39, 0.29) is 0 Å². The van der Waals surface area contributed by atoms with E-state index in [0.29, 0.717) is 5.41 Å². The number of nitrogens with one attached hydrogen (secondary N) is 2. The zero-order valence-electron chi connectivity index (χ0n) is 7.32. The van der Waals surface area contributed by atoms with Crippen molar-refractivity contribution in [1.82, 2.24) is 10.6 Å². The second kappa shape index (κ2) is 2.76. The lowest BCUT2D eigenvalue weighted by atomic mass is 9.75. The van der Waals surface area contributed by atoms with Gasteiger partial charge in [0.2, 0.25) is 0 Å². The highest BCUT2D eigenvalue weighted by Gasteiger charge is 2.40. The van der Waals surface area contributed by atoms with Gasteiger partial charge in [-0.3, -0.25) is 0 Å². The standard InChI is InChI=1S/C9H18N2/c1-8-9(4-6-11-8)3-2-5-10-7-9/h8,10-11H,2-7H2,1H3. The maximum atomic E-state index is 3.54. The first-order chi connectivity index (χ1) is 5.33. The third-order valence-electron chi connectivity index (χ3n) is 3.50. The molecule has 0 radical (unpaired) electrons. The van der Waals surface area contributed by atoms with Crippen molar-refractivity contribution in [3.8, 4) is 0 Å². The van der Waals surface area contributed by atoms with Crippen LogP contribution in [0.2, 0.25) is 0 Å². The Labute approximate surface area is 68.7 Å². The summed E-state index contributed by atoms with van der Waals surface area (Å²) in [5, 5.41) is 7.05. The minimum Gasteiger partial charge on any atom is -0.316 e. The van der Waals surface area contributed by atoms with Gasteiger partial charge in [0.25, 0.3) is 0 Å². The Morgan fingerprint density at radius 3 is 2.73 bits per heavy atom. The second-order valence-corrected chi connectivity index (χ2v) is 4.07. The molecule has 0 aromatic heterocycles. The van der Waals surface area contributed by atoms with Crippen LogP contribution >= 0.6 is 0 Å². The highest BCUT2D eigenvalue weighted by molar-refractivity contribution is 4.97. The van der Waals surface area contributed by atoms with Crippen molar-refractivity contribution < 1.29 is 0 Å². The number of hydrogen-bond donors (Lipinski definition) is 2. The van der Waals surface area contributed by atoms with Crippen molar-refractivity contribution in [1.29, 1.82) is 0 Å². The van der Waals surface area contributed by atoms with Gasteiger partial charge in [-0.1, -0.05) is 0 Å². The van der Waals surface area contributed by atoms with Crippen LogP contribution in [0.1, 0.15) is 26.2 Å². The highest BCUT2D eigenvalue weighted by Crippen LogP contribution is 2.36. The first-order valence-corrected chi connectivity index (χ1v) is 4.78. The maximum absolute atomic E-state index is 3.54. The number of rotatable bonds is 0. The molecule has 0 amide bonds. The van der Waals surface area contributed by atoms with E-state index in [1.165, 1.54) is 38.9 Å². The zero-order valence-corrected chi connectivity index (χ0v) is 7.32. The van der Waals surface area contributed by atoms with E-state index in [4.69, 9.17) is 0 Å². The van der Waals surface area contributed by atoms with Crippen molar-refractivity contribution in [3.05, 3.63) is 0 Å². The Balaban J connectivity index is 2.06. The molecule has 2 aliphatic heterocycles. The highest BCUT2D eigenvalue weighted by atomic mass is 15.0. The quantitative estimate of drug-likeness (QED) is 0.538. The van der Waals surface area contributed by atoms with Crippen molar-refractivity contribution >= 4 is 0 Å². The topological polar surface area (TPSA) is 24.1 Å². The molecule has 2 unspecified atom stereocenters. The summed E-state index contributed by atoms with van der Waals surface area (Å²) in [6.07, 6.45) is 4.17. The average molecular weight is 154 g/mol. The second-order valence-electron chi connectivity index (χ2n) is 4.07. The van der Waals surface area contributed by atoms with Gasteiger partial charge in [-0.2, -0.15) is 0 Å². The summed E-state index contributed by atoms with van der Waals surface area (Å²) in [5.74, 6) is 0. The molecule has 11 heavy (non-hydrogen) atoms. The van der Waals surface area contributed by atoms with Crippen LogP contribution < -0.4 is 10.6 Å². The van der Waals surface area contributed by atoms with Gasteiger partial charge in [-0.25, -0.2) is 0 Å². The van der Waals surface area contributed by atoms with Gasteiger partial charge in [-0.05, 0) is 44.7 Å². The predicted molar refractivity (Wildman–Crippen MR) is 46.6 cm³/mol.